The first-order chi connectivity index (χ1) is 9.35. The van der Waals surface area contributed by atoms with E-state index in [0.29, 0.717) is 19.4 Å². The van der Waals surface area contributed by atoms with Crippen molar-refractivity contribution in [2.75, 3.05) is 18.1 Å². The van der Waals surface area contributed by atoms with Gasteiger partial charge in [0.05, 0.1) is 23.3 Å². The summed E-state index contributed by atoms with van der Waals surface area (Å²) in [5.41, 5.74) is 0. The summed E-state index contributed by atoms with van der Waals surface area (Å²) in [5, 5.41) is 8.91. The van der Waals surface area contributed by atoms with Gasteiger partial charge in [-0.2, -0.15) is 0 Å². The van der Waals surface area contributed by atoms with E-state index >= 15 is 0 Å². The molecule has 3 atom stereocenters. The topological polar surface area (TPSA) is 91.8 Å². The van der Waals surface area contributed by atoms with E-state index in [2.05, 4.69) is 0 Å². The van der Waals surface area contributed by atoms with Gasteiger partial charge in [0.25, 0.3) is 0 Å². The lowest BCUT2D eigenvalue weighted by Crippen LogP contribution is -2.43. The van der Waals surface area contributed by atoms with Gasteiger partial charge in [0.1, 0.15) is 0 Å². The molecule has 2 aliphatic rings. The van der Waals surface area contributed by atoms with Gasteiger partial charge in [0.15, 0.2) is 9.84 Å². The van der Waals surface area contributed by atoms with Gasteiger partial charge < -0.3 is 10.0 Å². The van der Waals surface area contributed by atoms with E-state index in [1.54, 1.807) is 4.90 Å². The Hall–Kier alpha value is -1.11. The third-order valence-corrected chi connectivity index (χ3v) is 5.86. The summed E-state index contributed by atoms with van der Waals surface area (Å²) in [6.45, 7) is 2.53. The predicted molar refractivity (Wildman–Crippen MR) is 72.9 cm³/mol. The number of hydrogen-bond acceptors (Lipinski definition) is 4. The van der Waals surface area contributed by atoms with Crippen LogP contribution in [0, 0.1) is 11.8 Å². The van der Waals surface area contributed by atoms with Crippen LogP contribution in [0.4, 0.5) is 0 Å². The Kier molecular flexibility index (Phi) is 4.36. The van der Waals surface area contributed by atoms with Gasteiger partial charge in [-0.25, -0.2) is 8.42 Å². The van der Waals surface area contributed by atoms with Crippen molar-refractivity contribution in [3.8, 4) is 0 Å². The van der Waals surface area contributed by atoms with Crippen LogP contribution >= 0.6 is 0 Å². The third kappa shape index (κ3) is 3.31. The first-order valence-electron chi connectivity index (χ1n) is 7.09. The molecule has 114 valence electrons. The second-order valence-electron chi connectivity index (χ2n) is 5.73. The van der Waals surface area contributed by atoms with Crippen molar-refractivity contribution in [1.29, 1.82) is 0 Å². The van der Waals surface area contributed by atoms with Crippen LogP contribution in [-0.4, -0.2) is 54.4 Å². The molecular weight excluding hydrogens is 282 g/mol. The molecule has 1 aliphatic carbocycles. The maximum atomic E-state index is 12.4. The van der Waals surface area contributed by atoms with Gasteiger partial charge in [-0.1, -0.05) is 13.3 Å². The number of carbonyl (C=O) groups excluding carboxylic acids is 1. The Morgan fingerprint density at radius 3 is 2.45 bits per heavy atom. The zero-order valence-electron chi connectivity index (χ0n) is 11.6. The lowest BCUT2D eigenvalue weighted by molar-refractivity contribution is -0.142. The summed E-state index contributed by atoms with van der Waals surface area (Å²) in [5.74, 6) is -1.99. The number of carbonyl (C=O) groups is 2. The Labute approximate surface area is 119 Å². The highest BCUT2D eigenvalue weighted by Gasteiger charge is 2.51. The SMILES string of the molecule is CCCCN(C(=O)C1CC1C(=O)O)C1CCS(=O)(=O)C1. The molecule has 1 N–H and O–H groups in total. The molecule has 2 rings (SSSR count). The monoisotopic (exact) mass is 303 g/mol. The van der Waals surface area contributed by atoms with Crippen LogP contribution in [-0.2, 0) is 19.4 Å². The lowest BCUT2D eigenvalue weighted by Gasteiger charge is -2.28. The van der Waals surface area contributed by atoms with E-state index in [1.165, 1.54) is 0 Å². The fourth-order valence-corrected chi connectivity index (χ4v) is 4.51. The van der Waals surface area contributed by atoms with Crippen molar-refractivity contribution in [3.05, 3.63) is 0 Å². The van der Waals surface area contributed by atoms with Crippen molar-refractivity contribution >= 4 is 21.7 Å². The van der Waals surface area contributed by atoms with E-state index in [0.717, 1.165) is 12.8 Å². The minimum Gasteiger partial charge on any atom is -0.481 e. The van der Waals surface area contributed by atoms with Gasteiger partial charge >= 0.3 is 5.97 Å². The van der Waals surface area contributed by atoms with Crippen molar-refractivity contribution in [3.63, 3.8) is 0 Å². The van der Waals surface area contributed by atoms with Gasteiger partial charge in [0.2, 0.25) is 5.91 Å². The second kappa shape index (κ2) is 5.71. The Bertz CT molecular complexity index is 501. The van der Waals surface area contributed by atoms with Crippen LogP contribution in [0.25, 0.3) is 0 Å². The molecule has 0 bridgehead atoms. The number of carboxylic acids is 1. The molecule has 0 aromatic carbocycles. The molecule has 0 radical (unpaired) electrons. The van der Waals surface area contributed by atoms with Gasteiger partial charge in [-0.05, 0) is 19.3 Å². The van der Waals surface area contributed by atoms with Crippen LogP contribution < -0.4 is 0 Å². The van der Waals surface area contributed by atoms with Crippen LogP contribution in [0.5, 0.6) is 0 Å². The molecule has 6 nitrogen and oxygen atoms in total. The minimum atomic E-state index is -3.04. The van der Waals surface area contributed by atoms with Gasteiger partial charge in [0, 0.05) is 12.6 Å². The normalized spacial score (nSPS) is 30.9. The third-order valence-electron chi connectivity index (χ3n) is 4.11. The predicted octanol–water partition coefficient (Wildman–Crippen LogP) is 0.523. The summed E-state index contributed by atoms with van der Waals surface area (Å²) in [4.78, 5) is 24.9. The summed E-state index contributed by atoms with van der Waals surface area (Å²) in [7, 11) is -3.04. The number of nitrogens with zero attached hydrogens (tertiary/aromatic N) is 1. The summed E-state index contributed by atoms with van der Waals surface area (Å²) in [6, 6.07) is -0.269. The first kappa shape index (κ1) is 15.3. The van der Waals surface area contributed by atoms with Crippen LogP contribution in [0.3, 0.4) is 0 Å². The maximum absolute atomic E-state index is 12.4. The van der Waals surface area contributed by atoms with E-state index in [9.17, 15) is 18.0 Å². The van der Waals surface area contributed by atoms with Crippen molar-refractivity contribution in [2.24, 2.45) is 11.8 Å². The van der Waals surface area contributed by atoms with E-state index in [1.807, 2.05) is 6.92 Å². The van der Waals surface area contributed by atoms with E-state index in [-0.39, 0.29) is 23.5 Å². The molecule has 1 saturated carbocycles. The number of hydrogen-bond donors (Lipinski definition) is 1. The first-order valence-corrected chi connectivity index (χ1v) is 8.91. The fourth-order valence-electron chi connectivity index (χ4n) is 2.78. The summed E-state index contributed by atoms with van der Waals surface area (Å²) < 4.78 is 23.1. The average molecular weight is 303 g/mol. The molecule has 1 saturated heterocycles. The summed E-state index contributed by atoms with van der Waals surface area (Å²) in [6.07, 6.45) is 2.58. The quantitative estimate of drug-likeness (QED) is 0.772. The highest BCUT2D eigenvalue weighted by Crippen LogP contribution is 2.41. The van der Waals surface area contributed by atoms with Gasteiger partial charge in [-0.3, -0.25) is 9.59 Å². The maximum Gasteiger partial charge on any atom is 0.307 e. The molecule has 7 heteroatoms. The molecule has 0 aromatic rings. The second-order valence-corrected chi connectivity index (χ2v) is 7.96. The molecule has 3 unspecified atom stereocenters. The zero-order valence-corrected chi connectivity index (χ0v) is 12.4. The van der Waals surface area contributed by atoms with Crippen LogP contribution in [0.15, 0.2) is 0 Å². The van der Waals surface area contributed by atoms with Crippen molar-refractivity contribution in [1.82, 2.24) is 4.90 Å². The largest absolute Gasteiger partial charge is 0.481 e. The molecular formula is C13H21NO5S. The van der Waals surface area contributed by atoms with Crippen molar-refractivity contribution in [2.45, 2.75) is 38.6 Å². The molecule has 2 fully saturated rings. The summed E-state index contributed by atoms with van der Waals surface area (Å²) >= 11 is 0. The number of carboxylic acid groups (broad SMARTS) is 1. The number of sulfone groups is 1. The molecule has 1 aliphatic heterocycles. The number of aliphatic carboxylic acids is 1. The van der Waals surface area contributed by atoms with E-state index < -0.39 is 27.6 Å². The fraction of sp³-hybridized carbons (Fsp3) is 0.846. The molecule has 0 spiro atoms. The van der Waals surface area contributed by atoms with Crippen molar-refractivity contribution < 1.29 is 23.1 Å². The van der Waals surface area contributed by atoms with Crippen LogP contribution in [0.2, 0.25) is 0 Å². The molecule has 20 heavy (non-hydrogen) atoms. The van der Waals surface area contributed by atoms with E-state index in [4.69, 9.17) is 5.11 Å². The zero-order chi connectivity index (χ0) is 14.9. The Morgan fingerprint density at radius 2 is 2.00 bits per heavy atom. The minimum absolute atomic E-state index is 0.0207. The molecule has 0 aromatic heterocycles. The molecule has 1 amide bonds. The number of amides is 1. The Morgan fingerprint density at radius 1 is 1.30 bits per heavy atom. The van der Waals surface area contributed by atoms with Gasteiger partial charge in [-0.15, -0.1) is 0 Å². The smallest absolute Gasteiger partial charge is 0.307 e. The highest BCUT2D eigenvalue weighted by molar-refractivity contribution is 7.91. The lowest BCUT2D eigenvalue weighted by atomic mass is 10.1. The number of rotatable bonds is 6. The molecule has 1 heterocycles. The standard InChI is InChI=1S/C13H21NO5S/c1-2-3-5-14(9-4-6-20(18,19)8-9)12(15)10-7-11(10)13(16)17/h9-11H,2-8H2,1H3,(H,16,17). The average Bonchev–Trinajstić information content (AvgIpc) is 3.09. The highest BCUT2D eigenvalue weighted by atomic mass is 32.2. The number of unbranched alkanes of at least 4 members (excludes halogenated alkanes) is 1. The Balaban J connectivity index is 2.04. The van der Waals surface area contributed by atoms with Crippen LogP contribution in [0.1, 0.15) is 32.6 Å².